The molecule has 1 aliphatic heterocycles. The first kappa shape index (κ1) is 13.5. The van der Waals surface area contributed by atoms with Crippen molar-refractivity contribution in [3.63, 3.8) is 0 Å². The van der Waals surface area contributed by atoms with Crippen LogP contribution in [0.2, 0.25) is 0 Å². The summed E-state index contributed by atoms with van der Waals surface area (Å²) < 4.78 is 27.3. The lowest BCUT2D eigenvalue weighted by Gasteiger charge is -2.23. The normalized spacial score (nSPS) is 20.6. The predicted molar refractivity (Wildman–Crippen MR) is 77.7 cm³/mol. The average Bonchev–Trinajstić information content (AvgIpc) is 2.96. The second-order valence-electron chi connectivity index (χ2n) is 5.00. The zero-order valence-electron chi connectivity index (χ0n) is 11.1. The summed E-state index contributed by atoms with van der Waals surface area (Å²) in [7, 11) is -3.50. The van der Waals surface area contributed by atoms with Crippen LogP contribution in [-0.4, -0.2) is 36.8 Å². The second kappa shape index (κ2) is 5.12. The molecule has 0 radical (unpaired) electrons. The Bertz CT molecular complexity index is 725. The van der Waals surface area contributed by atoms with E-state index >= 15 is 0 Å². The lowest BCUT2D eigenvalue weighted by Crippen LogP contribution is -2.39. The van der Waals surface area contributed by atoms with E-state index in [0.717, 1.165) is 18.2 Å². The van der Waals surface area contributed by atoms with E-state index in [9.17, 15) is 8.42 Å². The zero-order valence-corrected chi connectivity index (χ0v) is 11.9. The fourth-order valence-corrected chi connectivity index (χ4v) is 4.73. The van der Waals surface area contributed by atoms with Crippen LogP contribution in [0.4, 0.5) is 0 Å². The van der Waals surface area contributed by atoms with Gasteiger partial charge in [0.15, 0.2) is 0 Å². The number of benzene rings is 1. The Morgan fingerprint density at radius 3 is 3.00 bits per heavy atom. The van der Waals surface area contributed by atoms with Gasteiger partial charge in [-0.3, -0.25) is 4.98 Å². The summed E-state index contributed by atoms with van der Waals surface area (Å²) in [5.74, 6) is 0. The average molecular weight is 291 g/mol. The number of rotatable bonds is 3. The van der Waals surface area contributed by atoms with Crippen molar-refractivity contribution in [1.29, 1.82) is 0 Å². The van der Waals surface area contributed by atoms with Gasteiger partial charge in [-0.05, 0) is 25.0 Å². The minimum absolute atomic E-state index is 0.0860. The molecular formula is C14H17N3O2S. The molecule has 0 aliphatic carbocycles. The summed E-state index contributed by atoms with van der Waals surface area (Å²) in [5.41, 5.74) is 5.70. The van der Waals surface area contributed by atoms with Gasteiger partial charge < -0.3 is 5.73 Å². The lowest BCUT2D eigenvalue weighted by atomic mass is 10.2. The van der Waals surface area contributed by atoms with Gasteiger partial charge in [0, 0.05) is 42.3 Å². The molecule has 106 valence electrons. The van der Waals surface area contributed by atoms with Gasteiger partial charge in [0.1, 0.15) is 0 Å². The minimum atomic E-state index is -3.50. The van der Waals surface area contributed by atoms with Crippen LogP contribution >= 0.6 is 0 Å². The van der Waals surface area contributed by atoms with Crippen LogP contribution in [0.15, 0.2) is 41.6 Å². The molecule has 0 amide bonds. The van der Waals surface area contributed by atoms with E-state index in [2.05, 4.69) is 4.98 Å². The third-order valence-corrected chi connectivity index (χ3v) is 5.83. The first-order valence-electron chi connectivity index (χ1n) is 6.69. The third-order valence-electron chi connectivity index (χ3n) is 3.82. The smallest absolute Gasteiger partial charge is 0.243 e. The summed E-state index contributed by atoms with van der Waals surface area (Å²) in [5, 5.41) is 1.54. The van der Waals surface area contributed by atoms with E-state index in [1.165, 1.54) is 0 Å². The largest absolute Gasteiger partial charge is 0.329 e. The summed E-state index contributed by atoms with van der Waals surface area (Å²) in [6.45, 7) is 0.914. The van der Waals surface area contributed by atoms with Crippen molar-refractivity contribution in [2.24, 2.45) is 5.73 Å². The molecule has 0 saturated carbocycles. The molecular weight excluding hydrogens is 274 g/mol. The Hall–Kier alpha value is -1.50. The molecule has 6 heteroatoms. The molecule has 5 nitrogen and oxygen atoms in total. The highest BCUT2D eigenvalue weighted by atomic mass is 32.2. The van der Waals surface area contributed by atoms with E-state index in [1.54, 1.807) is 34.9 Å². The Morgan fingerprint density at radius 1 is 1.35 bits per heavy atom. The highest BCUT2D eigenvalue weighted by Gasteiger charge is 2.35. The van der Waals surface area contributed by atoms with E-state index in [-0.39, 0.29) is 6.04 Å². The molecule has 2 heterocycles. The lowest BCUT2D eigenvalue weighted by molar-refractivity contribution is 0.393. The quantitative estimate of drug-likeness (QED) is 0.926. The van der Waals surface area contributed by atoms with Crippen molar-refractivity contribution in [3.05, 3.63) is 36.7 Å². The Kier molecular flexibility index (Phi) is 3.45. The van der Waals surface area contributed by atoms with E-state index in [1.807, 2.05) is 6.07 Å². The molecule has 0 bridgehead atoms. The first-order valence-corrected chi connectivity index (χ1v) is 8.13. The molecule has 2 N–H and O–H groups in total. The van der Waals surface area contributed by atoms with Crippen LogP contribution in [0.1, 0.15) is 12.8 Å². The van der Waals surface area contributed by atoms with Crippen LogP contribution < -0.4 is 5.73 Å². The number of aromatic nitrogens is 1. The first-order chi connectivity index (χ1) is 9.64. The number of pyridine rings is 1. The maximum absolute atomic E-state index is 12.9. The molecule has 1 fully saturated rings. The Balaban J connectivity index is 2.14. The van der Waals surface area contributed by atoms with Crippen molar-refractivity contribution in [2.75, 3.05) is 13.1 Å². The zero-order chi connectivity index (χ0) is 14.2. The van der Waals surface area contributed by atoms with Crippen molar-refractivity contribution >= 4 is 20.8 Å². The number of hydrogen-bond acceptors (Lipinski definition) is 4. The van der Waals surface area contributed by atoms with Crippen LogP contribution in [0.3, 0.4) is 0 Å². The van der Waals surface area contributed by atoms with E-state index in [0.29, 0.717) is 23.4 Å². The van der Waals surface area contributed by atoms with Crippen molar-refractivity contribution in [3.8, 4) is 0 Å². The van der Waals surface area contributed by atoms with Gasteiger partial charge in [0.05, 0.1) is 4.90 Å². The standard InChI is InChI=1S/C14H17N3O2S/c15-9-12-4-2-8-17(12)20(18,19)14-5-1-3-11-10-16-7-6-13(11)14/h1,3,5-7,10,12H,2,4,8-9,15H2. The summed E-state index contributed by atoms with van der Waals surface area (Å²) in [4.78, 5) is 4.38. The van der Waals surface area contributed by atoms with Gasteiger partial charge in [-0.2, -0.15) is 4.31 Å². The molecule has 1 saturated heterocycles. The monoisotopic (exact) mass is 291 g/mol. The molecule has 1 atom stereocenters. The Labute approximate surface area is 118 Å². The van der Waals surface area contributed by atoms with Gasteiger partial charge in [-0.15, -0.1) is 0 Å². The van der Waals surface area contributed by atoms with Crippen LogP contribution in [-0.2, 0) is 10.0 Å². The molecule has 1 aromatic heterocycles. The van der Waals surface area contributed by atoms with Crippen LogP contribution in [0, 0.1) is 0 Å². The molecule has 0 spiro atoms. The van der Waals surface area contributed by atoms with Gasteiger partial charge in [0.25, 0.3) is 0 Å². The number of fused-ring (bicyclic) bond motifs is 1. The molecule has 1 unspecified atom stereocenters. The number of sulfonamides is 1. The predicted octanol–water partition coefficient (Wildman–Crippen LogP) is 1.35. The maximum Gasteiger partial charge on any atom is 0.243 e. The van der Waals surface area contributed by atoms with E-state index < -0.39 is 10.0 Å². The molecule has 1 aliphatic rings. The second-order valence-corrected chi connectivity index (χ2v) is 6.86. The highest BCUT2D eigenvalue weighted by molar-refractivity contribution is 7.89. The molecule has 20 heavy (non-hydrogen) atoms. The van der Waals surface area contributed by atoms with E-state index in [4.69, 9.17) is 5.73 Å². The number of hydrogen-bond donors (Lipinski definition) is 1. The summed E-state index contributed by atoms with van der Waals surface area (Å²) >= 11 is 0. The Morgan fingerprint density at radius 2 is 2.20 bits per heavy atom. The fourth-order valence-electron chi connectivity index (χ4n) is 2.81. The van der Waals surface area contributed by atoms with Crippen molar-refractivity contribution < 1.29 is 8.42 Å². The highest BCUT2D eigenvalue weighted by Crippen LogP contribution is 2.29. The summed E-state index contributed by atoms with van der Waals surface area (Å²) in [6.07, 6.45) is 5.00. The summed E-state index contributed by atoms with van der Waals surface area (Å²) in [6, 6.07) is 6.94. The van der Waals surface area contributed by atoms with Crippen LogP contribution in [0.25, 0.3) is 10.8 Å². The number of nitrogens with two attached hydrogens (primary N) is 1. The molecule has 2 aromatic rings. The van der Waals surface area contributed by atoms with Gasteiger partial charge in [-0.1, -0.05) is 12.1 Å². The van der Waals surface area contributed by atoms with Crippen molar-refractivity contribution in [1.82, 2.24) is 9.29 Å². The third kappa shape index (κ3) is 2.09. The number of nitrogens with zero attached hydrogens (tertiary/aromatic N) is 2. The van der Waals surface area contributed by atoms with Crippen molar-refractivity contribution in [2.45, 2.75) is 23.8 Å². The maximum atomic E-state index is 12.9. The van der Waals surface area contributed by atoms with Crippen LogP contribution in [0.5, 0.6) is 0 Å². The van der Waals surface area contributed by atoms with Gasteiger partial charge >= 0.3 is 0 Å². The SMILES string of the molecule is NCC1CCCN1S(=O)(=O)c1cccc2cnccc12. The topological polar surface area (TPSA) is 76.3 Å². The minimum Gasteiger partial charge on any atom is -0.329 e. The van der Waals surface area contributed by atoms with Gasteiger partial charge in [0.2, 0.25) is 10.0 Å². The van der Waals surface area contributed by atoms with Gasteiger partial charge in [-0.25, -0.2) is 8.42 Å². The molecule has 1 aromatic carbocycles. The molecule has 3 rings (SSSR count). The fraction of sp³-hybridized carbons (Fsp3) is 0.357.